The second-order valence-electron chi connectivity index (χ2n) is 7.10. The zero-order valence-electron chi connectivity index (χ0n) is 16.4. The van der Waals surface area contributed by atoms with Gasteiger partial charge in [-0.3, -0.25) is 9.52 Å². The molecule has 3 rings (SSSR count). The van der Waals surface area contributed by atoms with Gasteiger partial charge in [0, 0.05) is 31.4 Å². The average Bonchev–Trinajstić information content (AvgIpc) is 2.59. The van der Waals surface area contributed by atoms with Crippen LogP contribution in [0.5, 0.6) is 0 Å². The summed E-state index contributed by atoms with van der Waals surface area (Å²) in [6.07, 6.45) is 1.75. The molecule has 1 heterocycles. The molecule has 0 aromatic heterocycles. The lowest BCUT2D eigenvalue weighted by atomic mass is 10.0. The minimum atomic E-state index is -3.85. The molecular weight excluding hydrogens is 414 g/mol. The molecule has 0 saturated carbocycles. The van der Waals surface area contributed by atoms with Crippen molar-refractivity contribution in [1.29, 1.82) is 0 Å². The maximum atomic E-state index is 12.8. The predicted molar refractivity (Wildman–Crippen MR) is 112 cm³/mol. The third kappa shape index (κ3) is 4.95. The summed E-state index contributed by atoms with van der Waals surface area (Å²) in [5.41, 5.74) is 3.15. The number of rotatable bonds is 5. The summed E-state index contributed by atoms with van der Waals surface area (Å²) >= 11 is 0. The van der Waals surface area contributed by atoms with Crippen molar-refractivity contribution in [2.24, 2.45) is 0 Å². The van der Waals surface area contributed by atoms with Crippen LogP contribution in [0.4, 0.5) is 11.4 Å². The molecule has 2 aromatic carbocycles. The summed E-state index contributed by atoms with van der Waals surface area (Å²) in [6.45, 7) is 3.66. The Morgan fingerprint density at radius 1 is 1.00 bits per heavy atom. The molecule has 0 unspecified atom stereocenters. The Kier molecular flexibility index (Phi) is 5.70. The molecule has 29 heavy (non-hydrogen) atoms. The third-order valence-electron chi connectivity index (χ3n) is 4.69. The highest BCUT2D eigenvalue weighted by Gasteiger charge is 2.24. The van der Waals surface area contributed by atoms with E-state index in [0.717, 1.165) is 17.4 Å². The molecule has 0 saturated heterocycles. The van der Waals surface area contributed by atoms with Gasteiger partial charge in [0.25, 0.3) is 10.0 Å². The number of aryl methyl sites for hydroxylation is 1. The highest BCUT2D eigenvalue weighted by molar-refractivity contribution is 7.92. The second kappa shape index (κ2) is 7.77. The quantitative estimate of drug-likeness (QED) is 0.744. The van der Waals surface area contributed by atoms with Crippen LogP contribution in [-0.2, 0) is 37.8 Å². The fourth-order valence-electron chi connectivity index (χ4n) is 3.32. The Hall–Kier alpha value is -2.43. The summed E-state index contributed by atoms with van der Waals surface area (Å²) < 4.78 is 53.2. The van der Waals surface area contributed by atoms with E-state index in [1.807, 2.05) is 6.07 Å². The molecule has 1 aliphatic heterocycles. The second-order valence-corrected chi connectivity index (χ2v) is 10.7. The summed E-state index contributed by atoms with van der Waals surface area (Å²) in [4.78, 5) is 11.3. The first-order valence-corrected chi connectivity index (χ1v) is 12.3. The Morgan fingerprint density at radius 3 is 2.31 bits per heavy atom. The van der Waals surface area contributed by atoms with Gasteiger partial charge in [-0.05, 0) is 60.4 Å². The molecule has 2 aromatic rings. The molecule has 10 heteroatoms. The van der Waals surface area contributed by atoms with Crippen molar-refractivity contribution in [3.05, 3.63) is 53.1 Å². The van der Waals surface area contributed by atoms with E-state index in [-0.39, 0.29) is 17.3 Å². The van der Waals surface area contributed by atoms with Crippen LogP contribution in [0.15, 0.2) is 41.3 Å². The van der Waals surface area contributed by atoms with Crippen LogP contribution in [0.1, 0.15) is 23.6 Å². The lowest BCUT2D eigenvalue weighted by Crippen LogP contribution is -2.35. The summed E-state index contributed by atoms with van der Waals surface area (Å²) in [5, 5.41) is 2.62. The molecule has 0 bridgehead atoms. The summed E-state index contributed by atoms with van der Waals surface area (Å²) in [5.74, 6) is -0.240. The highest BCUT2D eigenvalue weighted by Crippen LogP contribution is 2.27. The Balaban J connectivity index is 1.85. The van der Waals surface area contributed by atoms with E-state index in [0.29, 0.717) is 29.9 Å². The van der Waals surface area contributed by atoms with Crippen LogP contribution in [0.2, 0.25) is 0 Å². The molecular formula is C19H23N3O5S2. The largest absolute Gasteiger partial charge is 0.326 e. The Morgan fingerprint density at radius 2 is 1.69 bits per heavy atom. The number of sulfonamides is 2. The van der Waals surface area contributed by atoms with E-state index in [4.69, 9.17) is 0 Å². The van der Waals surface area contributed by atoms with Gasteiger partial charge in [-0.25, -0.2) is 16.8 Å². The molecule has 156 valence electrons. The average molecular weight is 438 g/mol. The minimum Gasteiger partial charge on any atom is -0.326 e. The van der Waals surface area contributed by atoms with Crippen LogP contribution < -0.4 is 10.0 Å². The SMILES string of the molecule is CC(=O)Nc1ccc(S(=O)(=O)Nc2ccc3c(c2)CN(S(C)(=O)=O)CC3)c(C)c1. The molecule has 0 fully saturated rings. The zero-order chi connectivity index (χ0) is 21.4. The number of carbonyl (C=O) groups is 1. The van der Waals surface area contributed by atoms with Crippen molar-refractivity contribution in [1.82, 2.24) is 4.31 Å². The molecule has 0 atom stereocenters. The zero-order valence-corrected chi connectivity index (χ0v) is 18.0. The summed E-state index contributed by atoms with van der Waals surface area (Å²) in [7, 11) is -7.17. The summed E-state index contributed by atoms with van der Waals surface area (Å²) in [6, 6.07) is 9.72. The number of amides is 1. The first-order chi connectivity index (χ1) is 13.5. The van der Waals surface area contributed by atoms with E-state index in [9.17, 15) is 21.6 Å². The third-order valence-corrected chi connectivity index (χ3v) is 7.48. The topological polar surface area (TPSA) is 113 Å². The molecule has 1 aliphatic rings. The number of benzene rings is 2. The predicted octanol–water partition coefficient (Wildman–Crippen LogP) is 2.07. The molecule has 8 nitrogen and oxygen atoms in total. The van der Waals surface area contributed by atoms with Gasteiger partial charge in [-0.1, -0.05) is 6.07 Å². The molecule has 0 radical (unpaired) electrons. The maximum absolute atomic E-state index is 12.8. The fourth-order valence-corrected chi connectivity index (χ4v) is 5.39. The van der Waals surface area contributed by atoms with Crippen molar-refractivity contribution in [3.63, 3.8) is 0 Å². The monoisotopic (exact) mass is 437 g/mol. The number of hydrogen-bond acceptors (Lipinski definition) is 5. The van der Waals surface area contributed by atoms with E-state index in [2.05, 4.69) is 10.0 Å². The van der Waals surface area contributed by atoms with Crippen molar-refractivity contribution < 1.29 is 21.6 Å². The van der Waals surface area contributed by atoms with Gasteiger partial charge in [-0.15, -0.1) is 0 Å². The van der Waals surface area contributed by atoms with Gasteiger partial charge in [0.05, 0.1) is 11.2 Å². The van der Waals surface area contributed by atoms with Crippen LogP contribution in [0.25, 0.3) is 0 Å². The first-order valence-electron chi connectivity index (χ1n) is 8.94. The van der Waals surface area contributed by atoms with Gasteiger partial charge >= 0.3 is 0 Å². The smallest absolute Gasteiger partial charge is 0.262 e. The normalized spacial score (nSPS) is 14.9. The van der Waals surface area contributed by atoms with Crippen LogP contribution >= 0.6 is 0 Å². The number of nitrogens with zero attached hydrogens (tertiary/aromatic N) is 1. The number of carbonyl (C=O) groups excluding carboxylic acids is 1. The highest BCUT2D eigenvalue weighted by atomic mass is 32.2. The van der Waals surface area contributed by atoms with Gasteiger partial charge in [0.15, 0.2) is 0 Å². The van der Waals surface area contributed by atoms with E-state index in [1.165, 1.54) is 23.4 Å². The minimum absolute atomic E-state index is 0.0992. The van der Waals surface area contributed by atoms with Gasteiger partial charge in [-0.2, -0.15) is 4.31 Å². The maximum Gasteiger partial charge on any atom is 0.262 e. The number of anilines is 2. The Bertz CT molecular complexity index is 1170. The Labute approximate surface area is 171 Å². The fraction of sp³-hybridized carbons (Fsp3) is 0.316. The molecule has 2 N–H and O–H groups in total. The van der Waals surface area contributed by atoms with Crippen LogP contribution in [0.3, 0.4) is 0 Å². The molecule has 1 amide bonds. The van der Waals surface area contributed by atoms with Crippen molar-refractivity contribution in [2.45, 2.75) is 31.7 Å². The number of fused-ring (bicyclic) bond motifs is 1. The molecule has 0 spiro atoms. The standard InChI is InChI=1S/C19H23N3O5S2/c1-13-10-17(20-14(2)23)6-7-19(13)29(26,27)21-18-5-4-15-8-9-22(28(3,24)25)12-16(15)11-18/h4-7,10-11,21H,8-9,12H2,1-3H3,(H,20,23). The van der Waals surface area contributed by atoms with Crippen LogP contribution in [-0.4, -0.2) is 39.8 Å². The van der Waals surface area contributed by atoms with E-state index < -0.39 is 20.0 Å². The van der Waals surface area contributed by atoms with Gasteiger partial charge in [0.2, 0.25) is 15.9 Å². The van der Waals surface area contributed by atoms with E-state index in [1.54, 1.807) is 25.1 Å². The van der Waals surface area contributed by atoms with Gasteiger partial charge in [0.1, 0.15) is 0 Å². The van der Waals surface area contributed by atoms with Crippen molar-refractivity contribution in [3.8, 4) is 0 Å². The van der Waals surface area contributed by atoms with Crippen LogP contribution in [0, 0.1) is 6.92 Å². The van der Waals surface area contributed by atoms with Gasteiger partial charge < -0.3 is 5.32 Å². The van der Waals surface area contributed by atoms with Crippen molar-refractivity contribution in [2.75, 3.05) is 22.8 Å². The lowest BCUT2D eigenvalue weighted by molar-refractivity contribution is -0.114. The van der Waals surface area contributed by atoms with E-state index >= 15 is 0 Å². The lowest BCUT2D eigenvalue weighted by Gasteiger charge is -2.27. The van der Waals surface area contributed by atoms with Crippen molar-refractivity contribution >= 4 is 37.3 Å². The number of hydrogen-bond donors (Lipinski definition) is 2. The number of nitrogens with one attached hydrogen (secondary N) is 2. The molecule has 0 aliphatic carbocycles. The first kappa shape index (κ1) is 21.3.